The number of unbranched alkanes of at least 4 members (excludes halogenated alkanes) is 4. The van der Waals surface area contributed by atoms with E-state index in [0.717, 1.165) is 55.7 Å². The number of aromatic nitrogens is 3. The molecule has 2 aromatic rings. The van der Waals surface area contributed by atoms with E-state index in [1.165, 1.54) is 37.7 Å². The Hall–Kier alpha value is -2.08. The third-order valence-electron chi connectivity index (χ3n) is 5.45. The third-order valence-corrected chi connectivity index (χ3v) is 5.45. The van der Waals surface area contributed by atoms with Crippen LogP contribution >= 0.6 is 0 Å². The summed E-state index contributed by atoms with van der Waals surface area (Å²) in [5.41, 5.74) is 1.18. The predicted octanol–water partition coefficient (Wildman–Crippen LogP) is 4.82. The van der Waals surface area contributed by atoms with Crippen LogP contribution in [0.15, 0.2) is 18.2 Å². The molecule has 1 unspecified atom stereocenters. The quantitative estimate of drug-likeness (QED) is 0.488. The van der Waals surface area contributed by atoms with E-state index in [0.29, 0.717) is 6.61 Å². The van der Waals surface area contributed by atoms with E-state index in [1.54, 1.807) is 0 Å². The van der Waals surface area contributed by atoms with Crippen LogP contribution in [0, 0.1) is 0 Å². The Bertz CT molecular complexity index is 759. The summed E-state index contributed by atoms with van der Waals surface area (Å²) in [6, 6.07) is 6.39. The van der Waals surface area contributed by atoms with Gasteiger partial charge in [-0.3, -0.25) is 0 Å². The maximum absolute atomic E-state index is 5.99. The standard InChI is InChI=1S/C23H36N4O2/c1-4-6-7-8-9-15-29-20-13-12-19(16-21(20)28-5-2)17-24-18(3)23-26-25-22-11-10-14-27(22)23/h12-13,16,18,24H,4-11,14-15,17H2,1-3H3. The summed E-state index contributed by atoms with van der Waals surface area (Å²) in [4.78, 5) is 0. The molecule has 1 aliphatic rings. The number of nitrogens with zero attached hydrogens (tertiary/aromatic N) is 3. The zero-order chi connectivity index (χ0) is 20.5. The summed E-state index contributed by atoms with van der Waals surface area (Å²) in [7, 11) is 0. The summed E-state index contributed by atoms with van der Waals surface area (Å²) < 4.78 is 14.1. The Morgan fingerprint density at radius 2 is 1.93 bits per heavy atom. The third kappa shape index (κ3) is 5.95. The van der Waals surface area contributed by atoms with Gasteiger partial charge in [0.15, 0.2) is 11.5 Å². The van der Waals surface area contributed by atoms with Crippen LogP contribution in [0.1, 0.15) is 82.6 Å². The molecule has 6 nitrogen and oxygen atoms in total. The molecule has 1 atom stereocenters. The highest BCUT2D eigenvalue weighted by molar-refractivity contribution is 5.43. The van der Waals surface area contributed by atoms with Crippen molar-refractivity contribution in [1.29, 1.82) is 0 Å². The molecule has 29 heavy (non-hydrogen) atoms. The minimum atomic E-state index is 0.156. The smallest absolute Gasteiger partial charge is 0.161 e. The Balaban J connectivity index is 1.53. The van der Waals surface area contributed by atoms with Crippen LogP contribution in [0.4, 0.5) is 0 Å². The number of rotatable bonds is 13. The lowest BCUT2D eigenvalue weighted by Crippen LogP contribution is -2.21. The lowest BCUT2D eigenvalue weighted by molar-refractivity contribution is 0.270. The number of aryl methyl sites for hydroxylation is 1. The molecular weight excluding hydrogens is 364 g/mol. The molecule has 1 aromatic heterocycles. The van der Waals surface area contributed by atoms with Gasteiger partial charge in [0.1, 0.15) is 11.6 Å². The summed E-state index contributed by atoms with van der Waals surface area (Å²) in [6.45, 7) is 9.55. The fourth-order valence-corrected chi connectivity index (χ4v) is 3.79. The van der Waals surface area contributed by atoms with E-state index in [4.69, 9.17) is 9.47 Å². The van der Waals surface area contributed by atoms with E-state index in [-0.39, 0.29) is 6.04 Å². The molecule has 0 bridgehead atoms. The Labute approximate surface area is 175 Å². The molecule has 160 valence electrons. The molecule has 1 aromatic carbocycles. The molecule has 0 spiro atoms. The summed E-state index contributed by atoms with van der Waals surface area (Å²) in [5, 5.41) is 12.3. The van der Waals surface area contributed by atoms with Gasteiger partial charge in [-0.05, 0) is 44.4 Å². The monoisotopic (exact) mass is 400 g/mol. The lowest BCUT2D eigenvalue weighted by atomic mass is 10.1. The van der Waals surface area contributed by atoms with Gasteiger partial charge in [0, 0.05) is 19.5 Å². The van der Waals surface area contributed by atoms with Crippen LogP contribution in [0.2, 0.25) is 0 Å². The molecular formula is C23H36N4O2. The number of hydrogen-bond donors (Lipinski definition) is 1. The Morgan fingerprint density at radius 3 is 2.76 bits per heavy atom. The van der Waals surface area contributed by atoms with Crippen LogP contribution in [0.3, 0.4) is 0 Å². The van der Waals surface area contributed by atoms with Crippen LogP contribution in [0.25, 0.3) is 0 Å². The zero-order valence-electron chi connectivity index (χ0n) is 18.2. The van der Waals surface area contributed by atoms with Crippen LogP contribution in [-0.2, 0) is 19.5 Å². The highest BCUT2D eigenvalue weighted by Gasteiger charge is 2.21. The topological polar surface area (TPSA) is 61.2 Å². The lowest BCUT2D eigenvalue weighted by Gasteiger charge is -2.16. The van der Waals surface area contributed by atoms with E-state index >= 15 is 0 Å². The predicted molar refractivity (Wildman–Crippen MR) is 115 cm³/mol. The highest BCUT2D eigenvalue weighted by atomic mass is 16.5. The summed E-state index contributed by atoms with van der Waals surface area (Å²) >= 11 is 0. The van der Waals surface area contributed by atoms with Gasteiger partial charge in [0.25, 0.3) is 0 Å². The number of benzene rings is 1. The van der Waals surface area contributed by atoms with Gasteiger partial charge >= 0.3 is 0 Å². The molecule has 2 heterocycles. The second-order valence-corrected chi connectivity index (χ2v) is 7.81. The molecule has 1 N–H and O–H groups in total. The van der Waals surface area contributed by atoms with Crippen molar-refractivity contribution in [3.8, 4) is 11.5 Å². The number of ether oxygens (including phenoxy) is 2. The van der Waals surface area contributed by atoms with Crippen molar-refractivity contribution < 1.29 is 9.47 Å². The number of fused-ring (bicyclic) bond motifs is 1. The molecule has 0 aliphatic carbocycles. The molecule has 0 amide bonds. The van der Waals surface area contributed by atoms with Gasteiger partial charge in [-0.25, -0.2) is 0 Å². The minimum absolute atomic E-state index is 0.156. The van der Waals surface area contributed by atoms with Crippen molar-refractivity contribution in [2.75, 3.05) is 13.2 Å². The summed E-state index contributed by atoms with van der Waals surface area (Å²) in [5.74, 6) is 3.82. The van der Waals surface area contributed by atoms with Gasteiger partial charge in [0.2, 0.25) is 0 Å². The first-order valence-electron chi connectivity index (χ1n) is 11.3. The highest BCUT2D eigenvalue weighted by Crippen LogP contribution is 2.29. The largest absolute Gasteiger partial charge is 0.490 e. The number of hydrogen-bond acceptors (Lipinski definition) is 5. The van der Waals surface area contributed by atoms with Gasteiger partial charge in [-0.15, -0.1) is 10.2 Å². The van der Waals surface area contributed by atoms with Crippen molar-refractivity contribution >= 4 is 0 Å². The van der Waals surface area contributed by atoms with Crippen molar-refractivity contribution in [2.24, 2.45) is 0 Å². The van der Waals surface area contributed by atoms with Crippen LogP contribution < -0.4 is 14.8 Å². The fourth-order valence-electron chi connectivity index (χ4n) is 3.79. The second-order valence-electron chi connectivity index (χ2n) is 7.81. The SMILES string of the molecule is CCCCCCCOc1ccc(CNC(C)c2nnc3n2CCC3)cc1OCC. The van der Waals surface area contributed by atoms with Crippen LogP contribution in [-0.4, -0.2) is 28.0 Å². The first-order chi connectivity index (χ1) is 14.2. The molecule has 6 heteroatoms. The Morgan fingerprint density at radius 1 is 1.07 bits per heavy atom. The first-order valence-corrected chi connectivity index (χ1v) is 11.3. The molecule has 0 fully saturated rings. The van der Waals surface area contributed by atoms with Gasteiger partial charge in [-0.2, -0.15) is 0 Å². The normalized spacial score (nSPS) is 14.0. The maximum atomic E-state index is 5.99. The van der Waals surface area contributed by atoms with E-state index in [9.17, 15) is 0 Å². The van der Waals surface area contributed by atoms with Gasteiger partial charge in [-0.1, -0.05) is 38.7 Å². The van der Waals surface area contributed by atoms with Crippen molar-refractivity contribution in [1.82, 2.24) is 20.1 Å². The average Bonchev–Trinajstić information content (AvgIpc) is 3.34. The maximum Gasteiger partial charge on any atom is 0.161 e. The van der Waals surface area contributed by atoms with E-state index < -0.39 is 0 Å². The van der Waals surface area contributed by atoms with E-state index in [2.05, 4.69) is 46.1 Å². The van der Waals surface area contributed by atoms with Crippen LogP contribution in [0.5, 0.6) is 11.5 Å². The van der Waals surface area contributed by atoms with E-state index in [1.807, 2.05) is 13.0 Å². The first kappa shape index (κ1) is 21.6. The minimum Gasteiger partial charge on any atom is -0.490 e. The number of nitrogens with one attached hydrogen (secondary N) is 1. The zero-order valence-corrected chi connectivity index (χ0v) is 18.2. The molecule has 1 aliphatic heterocycles. The molecule has 3 rings (SSSR count). The molecule has 0 radical (unpaired) electrons. The fraction of sp³-hybridized carbons (Fsp3) is 0.652. The average molecular weight is 401 g/mol. The molecule has 0 saturated heterocycles. The second kappa shape index (κ2) is 11.2. The van der Waals surface area contributed by atoms with Gasteiger partial charge < -0.3 is 19.4 Å². The van der Waals surface area contributed by atoms with Crippen molar-refractivity contribution in [3.05, 3.63) is 35.4 Å². The summed E-state index contributed by atoms with van der Waals surface area (Å²) in [6.07, 6.45) is 8.39. The molecule has 0 saturated carbocycles. The Kier molecular flexibility index (Phi) is 8.35. The van der Waals surface area contributed by atoms with Gasteiger partial charge in [0.05, 0.1) is 19.3 Å². The van der Waals surface area contributed by atoms with Crippen molar-refractivity contribution in [2.45, 2.75) is 84.8 Å². The van der Waals surface area contributed by atoms with Crippen molar-refractivity contribution in [3.63, 3.8) is 0 Å².